The molecule has 0 aromatic heterocycles. The first-order valence-corrected chi connectivity index (χ1v) is 11.9. The van der Waals surface area contributed by atoms with Crippen molar-refractivity contribution in [2.24, 2.45) is 0 Å². The highest BCUT2D eigenvalue weighted by molar-refractivity contribution is 6.36. The molecule has 0 aliphatic heterocycles. The van der Waals surface area contributed by atoms with E-state index in [-0.39, 0.29) is 24.8 Å². The molecule has 1 N–H and O–H groups in total. The van der Waals surface area contributed by atoms with E-state index >= 15 is 0 Å². The Morgan fingerprint density at radius 2 is 1.67 bits per heavy atom. The lowest BCUT2D eigenvalue weighted by Gasteiger charge is -2.31. The van der Waals surface area contributed by atoms with Crippen molar-refractivity contribution in [1.82, 2.24) is 10.2 Å². The average Bonchev–Trinajstić information content (AvgIpc) is 2.82. The molecule has 8 heteroatoms. The summed E-state index contributed by atoms with van der Waals surface area (Å²) in [6, 6.07) is 11.9. The number of halogens is 2. The van der Waals surface area contributed by atoms with Gasteiger partial charge in [-0.3, -0.25) is 9.59 Å². The highest BCUT2D eigenvalue weighted by Crippen LogP contribution is 2.27. The molecule has 0 fully saturated rings. The van der Waals surface area contributed by atoms with E-state index in [0.717, 1.165) is 12.2 Å². The third-order valence-corrected chi connectivity index (χ3v) is 5.90. The van der Waals surface area contributed by atoms with Crippen LogP contribution in [-0.4, -0.2) is 43.0 Å². The third kappa shape index (κ3) is 8.13. The average molecular weight is 495 g/mol. The van der Waals surface area contributed by atoms with E-state index < -0.39 is 6.04 Å². The fraction of sp³-hybridized carbons (Fsp3) is 0.440. The zero-order valence-corrected chi connectivity index (χ0v) is 20.9. The second-order valence-corrected chi connectivity index (χ2v) is 8.38. The number of carbonyl (C=O) groups is 2. The van der Waals surface area contributed by atoms with E-state index in [2.05, 4.69) is 5.32 Å². The first-order valence-electron chi connectivity index (χ1n) is 11.2. The van der Waals surface area contributed by atoms with E-state index in [4.69, 9.17) is 32.7 Å². The van der Waals surface area contributed by atoms with Gasteiger partial charge in [0.1, 0.15) is 17.5 Å². The molecule has 0 unspecified atom stereocenters. The maximum absolute atomic E-state index is 13.2. The molecule has 1 atom stereocenters. The number of hydrogen-bond acceptors (Lipinski definition) is 4. The molecule has 0 aliphatic carbocycles. The van der Waals surface area contributed by atoms with E-state index in [1.165, 1.54) is 0 Å². The van der Waals surface area contributed by atoms with Crippen LogP contribution in [0.2, 0.25) is 10.0 Å². The lowest BCUT2D eigenvalue weighted by Crippen LogP contribution is -2.49. The molecule has 6 nitrogen and oxygen atoms in total. The third-order valence-electron chi connectivity index (χ3n) is 5.19. The summed E-state index contributed by atoms with van der Waals surface area (Å²) >= 11 is 12.7. The molecule has 2 aromatic rings. The van der Waals surface area contributed by atoms with Gasteiger partial charge in [0, 0.05) is 35.1 Å². The van der Waals surface area contributed by atoms with Gasteiger partial charge < -0.3 is 19.7 Å². The van der Waals surface area contributed by atoms with Gasteiger partial charge in [0.05, 0.1) is 13.7 Å². The molecule has 0 aliphatic rings. The molecule has 0 spiro atoms. The Kier molecular flexibility index (Phi) is 11.3. The van der Waals surface area contributed by atoms with Gasteiger partial charge in [0.25, 0.3) is 0 Å². The van der Waals surface area contributed by atoms with E-state index in [1.54, 1.807) is 30.2 Å². The summed E-state index contributed by atoms with van der Waals surface area (Å²) in [5.74, 6) is 1.12. The van der Waals surface area contributed by atoms with Crippen molar-refractivity contribution in [1.29, 1.82) is 0 Å². The number of hydrogen-bond donors (Lipinski definition) is 1. The molecule has 2 amide bonds. The molecular formula is C25H32Cl2N2O4. The Bertz CT molecular complexity index is 886. The number of rotatable bonds is 13. The topological polar surface area (TPSA) is 67.9 Å². The van der Waals surface area contributed by atoms with Crippen molar-refractivity contribution in [2.75, 3.05) is 20.3 Å². The predicted molar refractivity (Wildman–Crippen MR) is 132 cm³/mol. The maximum atomic E-state index is 13.2. The Hall–Kier alpha value is -2.44. The minimum absolute atomic E-state index is 0.150. The molecular weight excluding hydrogens is 463 g/mol. The van der Waals surface area contributed by atoms with Crippen LogP contribution in [0.3, 0.4) is 0 Å². The van der Waals surface area contributed by atoms with Gasteiger partial charge in [0.2, 0.25) is 11.8 Å². The second kappa shape index (κ2) is 14.0. The Labute approximate surface area is 206 Å². The normalized spacial score (nSPS) is 11.5. The molecule has 0 heterocycles. The summed E-state index contributed by atoms with van der Waals surface area (Å²) in [5.41, 5.74) is 0.630. The number of nitrogens with zero attached hydrogens (tertiary/aromatic N) is 1. The van der Waals surface area contributed by atoms with Gasteiger partial charge in [0.15, 0.2) is 0 Å². The minimum atomic E-state index is -0.612. The molecule has 0 radical (unpaired) electrons. The maximum Gasteiger partial charge on any atom is 0.242 e. The molecule has 2 aromatic carbocycles. The Morgan fingerprint density at radius 3 is 2.24 bits per heavy atom. The first-order chi connectivity index (χ1) is 15.9. The molecule has 0 saturated carbocycles. The SMILES string of the molecule is CCCNC(=O)[C@@H](CC)N(Cc1c(Cl)cccc1Cl)C(=O)CCCOc1ccc(OC)cc1. The zero-order valence-electron chi connectivity index (χ0n) is 19.4. The smallest absolute Gasteiger partial charge is 0.242 e. The van der Waals surface area contributed by atoms with Crippen molar-refractivity contribution in [2.45, 2.75) is 52.1 Å². The van der Waals surface area contributed by atoms with Crippen molar-refractivity contribution in [3.63, 3.8) is 0 Å². The van der Waals surface area contributed by atoms with Crippen LogP contribution in [0.25, 0.3) is 0 Å². The molecule has 180 valence electrons. The van der Waals surface area contributed by atoms with Crippen LogP contribution < -0.4 is 14.8 Å². The van der Waals surface area contributed by atoms with Crippen LogP contribution in [0.4, 0.5) is 0 Å². The van der Waals surface area contributed by atoms with Gasteiger partial charge in [-0.1, -0.05) is 43.1 Å². The van der Waals surface area contributed by atoms with Crippen molar-refractivity contribution >= 4 is 35.0 Å². The summed E-state index contributed by atoms with van der Waals surface area (Å²) in [5, 5.41) is 3.83. The van der Waals surface area contributed by atoms with Gasteiger partial charge in [-0.2, -0.15) is 0 Å². The Morgan fingerprint density at radius 1 is 1.03 bits per heavy atom. The zero-order chi connectivity index (χ0) is 24.2. The van der Waals surface area contributed by atoms with Crippen molar-refractivity contribution < 1.29 is 19.1 Å². The number of benzene rings is 2. The predicted octanol–water partition coefficient (Wildman–Crippen LogP) is 5.49. The highest BCUT2D eigenvalue weighted by Gasteiger charge is 2.29. The van der Waals surface area contributed by atoms with Gasteiger partial charge >= 0.3 is 0 Å². The van der Waals surface area contributed by atoms with Gasteiger partial charge in [-0.05, 0) is 55.7 Å². The molecule has 33 heavy (non-hydrogen) atoms. The van der Waals surface area contributed by atoms with Gasteiger partial charge in [-0.25, -0.2) is 0 Å². The summed E-state index contributed by atoms with van der Waals surface area (Å²) in [4.78, 5) is 27.6. The minimum Gasteiger partial charge on any atom is -0.497 e. The number of amides is 2. The molecule has 0 saturated heterocycles. The van der Waals surface area contributed by atoms with Gasteiger partial charge in [-0.15, -0.1) is 0 Å². The van der Waals surface area contributed by atoms with Crippen LogP contribution in [0.1, 0.15) is 45.1 Å². The van der Waals surface area contributed by atoms with Crippen LogP contribution in [0, 0.1) is 0 Å². The fourth-order valence-electron chi connectivity index (χ4n) is 3.37. The summed E-state index contributed by atoms with van der Waals surface area (Å²) in [6.45, 7) is 4.96. The lowest BCUT2D eigenvalue weighted by molar-refractivity contribution is -0.141. The summed E-state index contributed by atoms with van der Waals surface area (Å²) in [6.07, 6.45) is 2.03. The van der Waals surface area contributed by atoms with Crippen LogP contribution in [-0.2, 0) is 16.1 Å². The monoisotopic (exact) mass is 494 g/mol. The largest absolute Gasteiger partial charge is 0.497 e. The highest BCUT2D eigenvalue weighted by atomic mass is 35.5. The van der Waals surface area contributed by atoms with E-state index in [9.17, 15) is 9.59 Å². The number of carbonyl (C=O) groups excluding carboxylic acids is 2. The van der Waals surface area contributed by atoms with Crippen molar-refractivity contribution in [3.8, 4) is 11.5 Å². The quantitative estimate of drug-likeness (QED) is 0.373. The van der Waals surface area contributed by atoms with E-state index in [1.807, 2.05) is 38.1 Å². The number of nitrogens with one attached hydrogen (secondary N) is 1. The van der Waals surface area contributed by atoms with Crippen LogP contribution >= 0.6 is 23.2 Å². The van der Waals surface area contributed by atoms with Crippen LogP contribution in [0.15, 0.2) is 42.5 Å². The molecule has 2 rings (SSSR count). The van der Waals surface area contributed by atoms with Crippen LogP contribution in [0.5, 0.6) is 11.5 Å². The second-order valence-electron chi connectivity index (χ2n) is 7.56. The summed E-state index contributed by atoms with van der Waals surface area (Å²) < 4.78 is 10.9. The number of methoxy groups -OCH3 is 1. The summed E-state index contributed by atoms with van der Waals surface area (Å²) in [7, 11) is 1.61. The first kappa shape index (κ1) is 26.8. The lowest BCUT2D eigenvalue weighted by atomic mass is 10.1. The molecule has 0 bridgehead atoms. The standard InChI is InChI=1S/C25H32Cl2N2O4/c1-4-15-28-25(31)23(5-2)29(17-20-21(26)8-6-9-22(20)27)24(30)10-7-16-33-19-13-11-18(32-3)12-14-19/h6,8-9,11-14,23H,4-5,7,10,15-17H2,1-3H3,(H,28,31)/t23-/m1/s1. The van der Waals surface area contributed by atoms with E-state index in [0.29, 0.717) is 47.4 Å². The number of ether oxygens (including phenoxy) is 2. The Balaban J connectivity index is 2.08. The van der Waals surface area contributed by atoms with Crippen molar-refractivity contribution in [3.05, 3.63) is 58.1 Å². The fourth-order valence-corrected chi connectivity index (χ4v) is 3.89.